The van der Waals surface area contributed by atoms with Gasteiger partial charge in [0.15, 0.2) is 6.61 Å². The van der Waals surface area contributed by atoms with E-state index in [9.17, 15) is 9.59 Å². The molecule has 2 heterocycles. The quantitative estimate of drug-likeness (QED) is 0.439. The number of esters is 1. The SMILES string of the molecule is CCC(C)NC(=O)COC(=O)c1ccccc1Sc1ncnc2sc(C)c(C)c12. The predicted molar refractivity (Wildman–Crippen MR) is 116 cm³/mol. The van der Waals surface area contributed by atoms with Gasteiger partial charge in [0.1, 0.15) is 16.2 Å². The number of aromatic nitrogens is 2. The molecule has 8 heteroatoms. The van der Waals surface area contributed by atoms with Gasteiger partial charge in [-0.05, 0) is 44.9 Å². The Bertz CT molecular complexity index is 1050. The van der Waals surface area contributed by atoms with Crippen LogP contribution in [0.2, 0.25) is 0 Å². The van der Waals surface area contributed by atoms with Crippen LogP contribution in [0.25, 0.3) is 10.2 Å². The molecule has 0 saturated carbocycles. The van der Waals surface area contributed by atoms with Gasteiger partial charge in [-0.15, -0.1) is 11.3 Å². The summed E-state index contributed by atoms with van der Waals surface area (Å²) < 4.78 is 5.23. The van der Waals surface area contributed by atoms with Crippen LogP contribution in [0.1, 0.15) is 41.1 Å². The first-order chi connectivity index (χ1) is 13.9. The van der Waals surface area contributed by atoms with Crippen molar-refractivity contribution in [2.24, 2.45) is 0 Å². The fourth-order valence-corrected chi connectivity index (χ4v) is 4.81. The third kappa shape index (κ3) is 4.94. The molecule has 1 unspecified atom stereocenters. The molecule has 1 atom stereocenters. The van der Waals surface area contributed by atoms with Crippen LogP contribution in [-0.4, -0.2) is 34.5 Å². The van der Waals surface area contributed by atoms with Gasteiger partial charge in [-0.2, -0.15) is 0 Å². The Kier molecular flexibility index (Phi) is 6.87. The van der Waals surface area contributed by atoms with Crippen molar-refractivity contribution in [1.82, 2.24) is 15.3 Å². The minimum atomic E-state index is -0.532. The van der Waals surface area contributed by atoms with Crippen LogP contribution < -0.4 is 5.32 Å². The lowest BCUT2D eigenvalue weighted by molar-refractivity contribution is -0.124. The van der Waals surface area contributed by atoms with E-state index < -0.39 is 5.97 Å². The summed E-state index contributed by atoms with van der Waals surface area (Å²) in [4.78, 5) is 36.2. The molecule has 6 nitrogen and oxygen atoms in total. The Hall–Kier alpha value is -2.45. The van der Waals surface area contributed by atoms with Crippen molar-refractivity contribution in [2.45, 2.75) is 50.1 Å². The van der Waals surface area contributed by atoms with Crippen molar-refractivity contribution in [3.05, 3.63) is 46.6 Å². The van der Waals surface area contributed by atoms with E-state index in [0.29, 0.717) is 5.56 Å². The van der Waals surface area contributed by atoms with Gasteiger partial charge in [0.2, 0.25) is 0 Å². The minimum absolute atomic E-state index is 0.0431. The molecule has 29 heavy (non-hydrogen) atoms. The van der Waals surface area contributed by atoms with Crippen LogP contribution >= 0.6 is 23.1 Å². The maximum atomic E-state index is 12.6. The number of nitrogens with zero attached hydrogens (tertiary/aromatic N) is 2. The summed E-state index contributed by atoms with van der Waals surface area (Å²) in [5.41, 5.74) is 1.56. The number of carbonyl (C=O) groups is 2. The topological polar surface area (TPSA) is 81.2 Å². The van der Waals surface area contributed by atoms with E-state index in [1.54, 1.807) is 29.8 Å². The molecule has 0 spiro atoms. The summed E-state index contributed by atoms with van der Waals surface area (Å²) >= 11 is 3.03. The Labute approximate surface area is 178 Å². The number of amides is 1. The highest BCUT2D eigenvalue weighted by Gasteiger charge is 2.18. The molecule has 0 bridgehead atoms. The lowest BCUT2D eigenvalue weighted by Gasteiger charge is -2.12. The second-order valence-corrected chi connectivity index (χ2v) is 8.93. The molecule has 0 aliphatic carbocycles. The van der Waals surface area contributed by atoms with Crippen molar-refractivity contribution in [1.29, 1.82) is 0 Å². The summed E-state index contributed by atoms with van der Waals surface area (Å²) in [5.74, 6) is -0.837. The largest absolute Gasteiger partial charge is 0.452 e. The maximum Gasteiger partial charge on any atom is 0.339 e. The van der Waals surface area contributed by atoms with Crippen molar-refractivity contribution in [2.75, 3.05) is 6.61 Å². The molecule has 1 aromatic carbocycles. The number of ether oxygens (including phenoxy) is 1. The summed E-state index contributed by atoms with van der Waals surface area (Å²) in [6, 6.07) is 7.22. The van der Waals surface area contributed by atoms with Crippen molar-refractivity contribution in [3.8, 4) is 0 Å². The molecule has 3 rings (SSSR count). The molecule has 1 amide bonds. The number of aryl methyl sites for hydroxylation is 2. The summed E-state index contributed by atoms with van der Waals surface area (Å²) in [7, 11) is 0. The summed E-state index contributed by atoms with van der Waals surface area (Å²) in [6.07, 6.45) is 2.36. The van der Waals surface area contributed by atoms with Crippen LogP contribution in [0.5, 0.6) is 0 Å². The number of rotatable bonds is 7. The van der Waals surface area contributed by atoms with Crippen LogP contribution in [-0.2, 0) is 9.53 Å². The van der Waals surface area contributed by atoms with E-state index in [-0.39, 0.29) is 18.6 Å². The van der Waals surface area contributed by atoms with Crippen LogP contribution in [0.15, 0.2) is 40.5 Å². The van der Waals surface area contributed by atoms with Gasteiger partial charge < -0.3 is 10.1 Å². The van der Waals surface area contributed by atoms with E-state index >= 15 is 0 Å². The van der Waals surface area contributed by atoms with Crippen LogP contribution in [0.4, 0.5) is 0 Å². The average molecular weight is 430 g/mol. The second-order valence-electron chi connectivity index (χ2n) is 6.69. The van der Waals surface area contributed by atoms with Crippen LogP contribution in [0.3, 0.4) is 0 Å². The fourth-order valence-electron chi connectivity index (χ4n) is 2.68. The highest BCUT2D eigenvalue weighted by Crippen LogP contribution is 2.38. The number of thiophene rings is 1. The third-order valence-corrected chi connectivity index (χ3v) is 6.79. The molecule has 0 radical (unpaired) electrons. The number of hydrogen-bond donors (Lipinski definition) is 1. The molecule has 0 saturated heterocycles. The van der Waals surface area contributed by atoms with Crippen molar-refractivity contribution < 1.29 is 14.3 Å². The lowest BCUT2D eigenvalue weighted by Crippen LogP contribution is -2.35. The van der Waals surface area contributed by atoms with Gasteiger partial charge in [0, 0.05) is 21.2 Å². The normalized spacial score (nSPS) is 12.0. The summed E-state index contributed by atoms with van der Waals surface area (Å²) in [6.45, 7) is 7.69. The van der Waals surface area contributed by atoms with Gasteiger partial charge in [0.05, 0.1) is 5.56 Å². The zero-order chi connectivity index (χ0) is 21.0. The zero-order valence-corrected chi connectivity index (χ0v) is 18.4. The fraction of sp³-hybridized carbons (Fsp3) is 0.333. The zero-order valence-electron chi connectivity index (χ0n) is 16.8. The standard InChI is InChI=1S/C21H23N3O3S2/c1-5-12(2)24-17(25)10-27-21(26)15-8-6-7-9-16(15)29-20-18-13(3)14(4)28-19(18)22-11-23-20/h6-9,11-12H,5,10H2,1-4H3,(H,24,25). The van der Waals surface area contributed by atoms with Gasteiger partial charge in [-0.1, -0.05) is 30.8 Å². The predicted octanol–water partition coefficient (Wildman–Crippen LogP) is 4.53. The molecule has 1 N–H and O–H groups in total. The highest BCUT2D eigenvalue weighted by atomic mass is 32.2. The van der Waals surface area contributed by atoms with Gasteiger partial charge >= 0.3 is 5.97 Å². The Morgan fingerprint density at radius 3 is 2.76 bits per heavy atom. The number of hydrogen-bond acceptors (Lipinski definition) is 7. The molecule has 0 aliphatic heterocycles. The van der Waals surface area contributed by atoms with Crippen molar-refractivity contribution in [3.63, 3.8) is 0 Å². The van der Waals surface area contributed by atoms with E-state index in [2.05, 4.69) is 29.1 Å². The Morgan fingerprint density at radius 2 is 2.00 bits per heavy atom. The third-order valence-electron chi connectivity index (χ3n) is 4.60. The Morgan fingerprint density at radius 1 is 1.24 bits per heavy atom. The molecular formula is C21H23N3O3S2. The summed E-state index contributed by atoms with van der Waals surface area (Å²) in [5, 5.41) is 4.59. The smallest absolute Gasteiger partial charge is 0.339 e. The van der Waals surface area contributed by atoms with Gasteiger partial charge in [-0.25, -0.2) is 14.8 Å². The molecule has 2 aromatic heterocycles. The van der Waals surface area contributed by atoms with Gasteiger partial charge in [0.25, 0.3) is 5.91 Å². The lowest BCUT2D eigenvalue weighted by atomic mass is 10.2. The molecular weight excluding hydrogens is 406 g/mol. The number of benzene rings is 1. The second kappa shape index (κ2) is 9.37. The van der Waals surface area contributed by atoms with E-state index in [1.807, 2.05) is 26.0 Å². The first-order valence-corrected chi connectivity index (χ1v) is 11.0. The highest BCUT2D eigenvalue weighted by molar-refractivity contribution is 7.99. The number of carbonyl (C=O) groups excluding carboxylic acids is 2. The molecule has 0 aliphatic rings. The molecule has 3 aromatic rings. The molecule has 0 fully saturated rings. The van der Waals surface area contributed by atoms with E-state index in [4.69, 9.17) is 4.74 Å². The average Bonchev–Trinajstić information content (AvgIpc) is 3.01. The first kappa shape index (κ1) is 21.3. The van der Waals surface area contributed by atoms with E-state index in [1.165, 1.54) is 16.6 Å². The number of fused-ring (bicyclic) bond motifs is 1. The minimum Gasteiger partial charge on any atom is -0.452 e. The first-order valence-electron chi connectivity index (χ1n) is 9.34. The Balaban J connectivity index is 1.79. The number of nitrogens with one attached hydrogen (secondary N) is 1. The van der Waals surface area contributed by atoms with E-state index in [0.717, 1.165) is 32.1 Å². The monoisotopic (exact) mass is 429 g/mol. The molecule has 152 valence electrons. The maximum absolute atomic E-state index is 12.6. The van der Waals surface area contributed by atoms with Gasteiger partial charge in [-0.3, -0.25) is 4.79 Å². The van der Waals surface area contributed by atoms with Crippen LogP contribution in [0, 0.1) is 13.8 Å². The van der Waals surface area contributed by atoms with Crippen molar-refractivity contribution >= 4 is 45.2 Å².